The molecule has 1 amide bonds. The molecule has 1 aliphatic rings. The highest BCUT2D eigenvalue weighted by molar-refractivity contribution is 5.91. The van der Waals surface area contributed by atoms with Crippen LogP contribution in [-0.2, 0) is 14.3 Å². The van der Waals surface area contributed by atoms with Crippen molar-refractivity contribution in [2.75, 3.05) is 7.11 Å². The summed E-state index contributed by atoms with van der Waals surface area (Å²) in [4.78, 5) is 28.2. The number of alkyl halides is 8. The van der Waals surface area contributed by atoms with Crippen LogP contribution in [0.1, 0.15) is 6.42 Å². The van der Waals surface area contributed by atoms with Crippen molar-refractivity contribution in [3.05, 3.63) is 0 Å². The number of halogens is 8. The van der Waals surface area contributed by atoms with E-state index in [1.807, 2.05) is 0 Å². The molecule has 0 aromatic carbocycles. The third-order valence-corrected chi connectivity index (χ3v) is 3.11. The number of methoxy groups -OCH3 is 1. The van der Waals surface area contributed by atoms with E-state index in [1.165, 1.54) is 0 Å². The molecule has 0 aromatic heterocycles. The lowest BCUT2D eigenvalue weighted by molar-refractivity contribution is -0.297. The number of carbonyl (C=O) groups is 2. The number of esters is 1. The third-order valence-electron chi connectivity index (χ3n) is 3.11. The summed E-state index contributed by atoms with van der Waals surface area (Å²) in [6, 6.07) is -2.49. The van der Waals surface area contributed by atoms with Crippen LogP contribution < -0.4 is 5.32 Å². The summed E-state index contributed by atoms with van der Waals surface area (Å²) in [6.07, 6.45) is -13.0. The highest BCUT2D eigenvalue weighted by Crippen LogP contribution is 2.47. The maximum absolute atomic E-state index is 13.8. The van der Waals surface area contributed by atoms with Gasteiger partial charge in [-0.1, -0.05) is 0 Å². The molecule has 0 fully saturated rings. The van der Waals surface area contributed by atoms with Crippen molar-refractivity contribution in [3.8, 4) is 0 Å². The maximum Gasteiger partial charge on any atom is 0.471 e. The molecular formula is C11H9F8N3O3. The van der Waals surface area contributed by atoms with Crippen molar-refractivity contribution < 1.29 is 49.4 Å². The molecule has 0 aromatic rings. The predicted molar refractivity (Wildman–Crippen MR) is 65.3 cm³/mol. The summed E-state index contributed by atoms with van der Waals surface area (Å²) in [6.45, 7) is 0. The standard InChI is InChI=1S/C11H9F8N3O3/c1-25-6(23)5(22-7(24)9(12,13)14)2-8(3-20-4-21-8)10(15,16)11(17,18)19/h3-5H,2H2,1H3,(H,22,24). The Balaban J connectivity index is 3.24. The quantitative estimate of drug-likeness (QED) is 0.579. The van der Waals surface area contributed by atoms with Crippen molar-refractivity contribution in [2.45, 2.75) is 36.3 Å². The van der Waals surface area contributed by atoms with E-state index in [0.29, 0.717) is 13.4 Å². The number of nitrogens with one attached hydrogen (secondary N) is 1. The second kappa shape index (κ2) is 6.55. The van der Waals surface area contributed by atoms with Crippen LogP contribution in [0.3, 0.4) is 0 Å². The van der Waals surface area contributed by atoms with Gasteiger partial charge in [0.25, 0.3) is 0 Å². The summed E-state index contributed by atoms with van der Waals surface area (Å²) in [7, 11) is 0.635. The maximum atomic E-state index is 13.8. The fourth-order valence-electron chi connectivity index (χ4n) is 1.85. The van der Waals surface area contributed by atoms with Gasteiger partial charge < -0.3 is 10.1 Å². The smallest absolute Gasteiger partial charge is 0.467 e. The van der Waals surface area contributed by atoms with Crippen LogP contribution >= 0.6 is 0 Å². The van der Waals surface area contributed by atoms with Crippen molar-refractivity contribution >= 4 is 24.4 Å². The minimum atomic E-state index is -6.16. The van der Waals surface area contributed by atoms with Gasteiger partial charge in [0.05, 0.1) is 7.11 Å². The molecule has 1 rings (SSSR count). The molecule has 0 bridgehead atoms. The second-order valence-corrected chi connectivity index (χ2v) is 4.77. The van der Waals surface area contributed by atoms with Crippen molar-refractivity contribution in [3.63, 3.8) is 0 Å². The van der Waals surface area contributed by atoms with Gasteiger partial charge in [-0.05, 0) is 0 Å². The Morgan fingerprint density at radius 3 is 2.08 bits per heavy atom. The molecular weight excluding hydrogens is 374 g/mol. The first kappa shape index (κ1) is 20.8. The molecule has 142 valence electrons. The predicted octanol–water partition coefficient (Wildman–Crippen LogP) is 1.65. The Morgan fingerprint density at radius 1 is 1.16 bits per heavy atom. The Bertz CT molecular complexity index is 584. The molecule has 0 saturated carbocycles. The first-order valence-electron chi connectivity index (χ1n) is 6.16. The van der Waals surface area contributed by atoms with Crippen LogP contribution in [0.4, 0.5) is 35.1 Å². The van der Waals surface area contributed by atoms with E-state index in [2.05, 4.69) is 14.7 Å². The summed E-state index contributed by atoms with van der Waals surface area (Å²) in [5.74, 6) is -10.00. The van der Waals surface area contributed by atoms with Gasteiger partial charge in [0.1, 0.15) is 12.4 Å². The molecule has 25 heavy (non-hydrogen) atoms. The van der Waals surface area contributed by atoms with Crippen LogP contribution in [0.15, 0.2) is 9.98 Å². The minimum absolute atomic E-state index is 0.0379. The molecule has 2 atom stereocenters. The zero-order chi connectivity index (χ0) is 19.7. The Kier molecular flexibility index (Phi) is 5.44. The molecule has 0 spiro atoms. The van der Waals surface area contributed by atoms with Gasteiger partial charge in [0.15, 0.2) is 5.54 Å². The fraction of sp³-hybridized carbons (Fsp3) is 0.636. The summed E-state index contributed by atoms with van der Waals surface area (Å²) in [5, 5.41) is 1.01. The molecule has 1 aliphatic heterocycles. The lowest BCUT2D eigenvalue weighted by Crippen LogP contribution is -2.60. The number of hydrogen-bond acceptors (Lipinski definition) is 5. The van der Waals surface area contributed by atoms with Crippen LogP contribution in [0.5, 0.6) is 0 Å². The highest BCUT2D eigenvalue weighted by Gasteiger charge is 2.71. The van der Waals surface area contributed by atoms with Crippen LogP contribution in [-0.4, -0.2) is 61.4 Å². The molecule has 0 saturated heterocycles. The summed E-state index contributed by atoms with van der Waals surface area (Å²) < 4.78 is 106. The van der Waals surface area contributed by atoms with Crippen molar-refractivity contribution in [2.24, 2.45) is 9.98 Å². The summed E-state index contributed by atoms with van der Waals surface area (Å²) >= 11 is 0. The van der Waals surface area contributed by atoms with Crippen molar-refractivity contribution in [1.29, 1.82) is 0 Å². The average Bonchev–Trinajstić information content (AvgIpc) is 2.93. The largest absolute Gasteiger partial charge is 0.471 e. The van der Waals surface area contributed by atoms with Crippen LogP contribution in [0.25, 0.3) is 0 Å². The molecule has 6 nitrogen and oxygen atoms in total. The number of nitrogens with zero attached hydrogens (tertiary/aromatic N) is 2. The third kappa shape index (κ3) is 4.04. The molecule has 14 heteroatoms. The van der Waals surface area contributed by atoms with Gasteiger partial charge in [0.2, 0.25) is 0 Å². The van der Waals surface area contributed by atoms with Gasteiger partial charge in [-0.15, -0.1) is 0 Å². The number of rotatable bonds is 5. The lowest BCUT2D eigenvalue weighted by Gasteiger charge is -2.35. The molecule has 1 N–H and O–H groups in total. The van der Waals surface area contributed by atoms with E-state index in [4.69, 9.17) is 0 Å². The van der Waals surface area contributed by atoms with Gasteiger partial charge in [-0.2, -0.15) is 35.1 Å². The van der Waals surface area contributed by atoms with Gasteiger partial charge in [-0.25, -0.2) is 9.79 Å². The van der Waals surface area contributed by atoms with E-state index < -0.39 is 48.2 Å². The number of amides is 1. The van der Waals surface area contributed by atoms with E-state index >= 15 is 0 Å². The van der Waals surface area contributed by atoms with E-state index in [0.717, 1.165) is 5.32 Å². The number of carbonyl (C=O) groups excluding carboxylic acids is 2. The van der Waals surface area contributed by atoms with Gasteiger partial charge >= 0.3 is 30.2 Å². The Morgan fingerprint density at radius 2 is 1.72 bits per heavy atom. The minimum Gasteiger partial charge on any atom is -0.467 e. The zero-order valence-corrected chi connectivity index (χ0v) is 12.1. The van der Waals surface area contributed by atoms with Gasteiger partial charge in [0, 0.05) is 12.6 Å². The Labute approximate surface area is 133 Å². The first-order chi connectivity index (χ1) is 11.2. The Hall–Kier alpha value is -2.28. The molecule has 2 unspecified atom stereocenters. The van der Waals surface area contributed by atoms with E-state index in [1.54, 1.807) is 0 Å². The highest BCUT2D eigenvalue weighted by atomic mass is 19.4. The summed E-state index contributed by atoms with van der Waals surface area (Å²) in [5.41, 5.74) is -3.52. The van der Waals surface area contributed by atoms with Crippen LogP contribution in [0, 0.1) is 0 Å². The fourth-order valence-corrected chi connectivity index (χ4v) is 1.85. The monoisotopic (exact) mass is 383 g/mol. The topological polar surface area (TPSA) is 80.1 Å². The number of hydrogen-bond donors (Lipinski definition) is 1. The van der Waals surface area contributed by atoms with Crippen molar-refractivity contribution in [1.82, 2.24) is 5.32 Å². The SMILES string of the molecule is COC(=O)C(CC1(C(F)(F)C(F)(F)F)C=NC=N1)NC(=O)C(F)(F)F. The van der Waals surface area contributed by atoms with Crippen LogP contribution in [0.2, 0.25) is 0 Å². The normalized spacial score (nSPS) is 22.0. The van der Waals surface area contributed by atoms with E-state index in [-0.39, 0.29) is 6.21 Å². The second-order valence-electron chi connectivity index (χ2n) is 4.77. The average molecular weight is 383 g/mol. The number of aliphatic imine (C=N–C) groups is 2. The lowest BCUT2D eigenvalue weighted by atomic mass is 9.85. The van der Waals surface area contributed by atoms with E-state index in [9.17, 15) is 44.7 Å². The molecule has 1 heterocycles. The first-order valence-corrected chi connectivity index (χ1v) is 6.16. The zero-order valence-electron chi connectivity index (χ0n) is 12.1. The molecule has 0 aliphatic carbocycles. The number of ether oxygens (including phenoxy) is 1. The molecule has 0 radical (unpaired) electrons. The van der Waals surface area contributed by atoms with Gasteiger partial charge in [-0.3, -0.25) is 9.79 Å².